The number of nitrogens with zero attached hydrogens (tertiary/aromatic N) is 1. The molecule has 1 fully saturated rings. The van der Waals surface area contributed by atoms with Crippen LogP contribution >= 0.6 is 11.6 Å². The minimum atomic E-state index is -0.858. The van der Waals surface area contributed by atoms with Crippen LogP contribution in [0.3, 0.4) is 0 Å². The molecular formula is C29H26ClN3O7. The number of hydrogen-bond donors (Lipinski definition) is 2. The van der Waals surface area contributed by atoms with Gasteiger partial charge < -0.3 is 19.5 Å². The molecule has 2 N–H and O–H groups in total. The van der Waals surface area contributed by atoms with Gasteiger partial charge in [0.05, 0.1) is 19.4 Å². The van der Waals surface area contributed by atoms with Crippen molar-refractivity contribution >= 4 is 52.8 Å². The number of urea groups is 1. The van der Waals surface area contributed by atoms with Gasteiger partial charge in [0.25, 0.3) is 17.7 Å². The van der Waals surface area contributed by atoms with Crippen molar-refractivity contribution in [3.05, 3.63) is 82.4 Å². The molecule has 1 aliphatic rings. The topological polar surface area (TPSA) is 123 Å². The molecule has 3 aromatic carbocycles. The monoisotopic (exact) mass is 563 g/mol. The fraction of sp³-hybridized carbons (Fsp3) is 0.172. The Morgan fingerprint density at radius 3 is 2.42 bits per heavy atom. The number of carbonyl (C=O) groups excluding carboxylic acids is 4. The molecule has 0 radical (unpaired) electrons. The first-order valence-corrected chi connectivity index (χ1v) is 12.6. The molecule has 206 valence electrons. The summed E-state index contributed by atoms with van der Waals surface area (Å²) in [6, 6.07) is 15.3. The number of aryl methyl sites for hydroxylation is 1. The number of ether oxygens (including phenoxy) is 3. The van der Waals surface area contributed by atoms with Crippen molar-refractivity contribution in [2.45, 2.75) is 13.8 Å². The molecule has 0 saturated carbocycles. The fourth-order valence-electron chi connectivity index (χ4n) is 3.82. The van der Waals surface area contributed by atoms with Gasteiger partial charge in [0.1, 0.15) is 11.3 Å². The fourth-order valence-corrected chi connectivity index (χ4v) is 4.00. The van der Waals surface area contributed by atoms with Gasteiger partial charge in [0.2, 0.25) is 0 Å². The Kier molecular flexibility index (Phi) is 8.70. The number of amides is 5. The smallest absolute Gasteiger partial charge is 0.335 e. The maximum atomic E-state index is 13.2. The van der Waals surface area contributed by atoms with Crippen molar-refractivity contribution in [3.8, 4) is 17.2 Å². The first-order chi connectivity index (χ1) is 19.2. The first kappa shape index (κ1) is 28.2. The van der Waals surface area contributed by atoms with Crippen LogP contribution in [0, 0.1) is 6.92 Å². The van der Waals surface area contributed by atoms with Crippen LogP contribution in [0.15, 0.2) is 66.2 Å². The molecule has 0 unspecified atom stereocenters. The Morgan fingerprint density at radius 2 is 1.75 bits per heavy atom. The summed E-state index contributed by atoms with van der Waals surface area (Å²) in [4.78, 5) is 51.4. The molecule has 11 heteroatoms. The molecular weight excluding hydrogens is 538 g/mol. The molecule has 40 heavy (non-hydrogen) atoms. The van der Waals surface area contributed by atoms with Crippen LogP contribution in [0.2, 0.25) is 5.02 Å². The van der Waals surface area contributed by atoms with Crippen LogP contribution in [0.25, 0.3) is 6.08 Å². The predicted octanol–water partition coefficient (Wildman–Crippen LogP) is 4.74. The van der Waals surface area contributed by atoms with Gasteiger partial charge in [-0.2, -0.15) is 0 Å². The van der Waals surface area contributed by atoms with Crippen LogP contribution in [0.5, 0.6) is 17.2 Å². The lowest BCUT2D eigenvalue weighted by atomic mass is 10.1. The number of imide groups is 2. The van der Waals surface area contributed by atoms with E-state index < -0.39 is 23.8 Å². The number of carbonyl (C=O) groups is 4. The van der Waals surface area contributed by atoms with E-state index in [9.17, 15) is 19.2 Å². The zero-order chi connectivity index (χ0) is 28.8. The van der Waals surface area contributed by atoms with Crippen molar-refractivity contribution in [1.29, 1.82) is 0 Å². The average Bonchev–Trinajstić information content (AvgIpc) is 2.93. The van der Waals surface area contributed by atoms with Crippen molar-refractivity contribution in [1.82, 2.24) is 5.32 Å². The van der Waals surface area contributed by atoms with Crippen molar-refractivity contribution in [3.63, 3.8) is 0 Å². The van der Waals surface area contributed by atoms with E-state index in [0.717, 1.165) is 10.5 Å². The second kappa shape index (κ2) is 12.4. The van der Waals surface area contributed by atoms with Gasteiger partial charge in [-0.1, -0.05) is 23.7 Å². The molecule has 1 aliphatic heterocycles. The second-order valence-electron chi connectivity index (χ2n) is 8.60. The van der Waals surface area contributed by atoms with E-state index >= 15 is 0 Å². The van der Waals surface area contributed by atoms with Gasteiger partial charge >= 0.3 is 6.03 Å². The zero-order valence-electron chi connectivity index (χ0n) is 21.9. The maximum Gasteiger partial charge on any atom is 0.335 e. The average molecular weight is 564 g/mol. The molecule has 1 saturated heterocycles. The third-order valence-electron chi connectivity index (χ3n) is 5.82. The minimum Gasteiger partial charge on any atom is -0.494 e. The highest BCUT2D eigenvalue weighted by molar-refractivity contribution is 6.39. The Balaban J connectivity index is 1.49. The second-order valence-corrected chi connectivity index (χ2v) is 9.00. The summed E-state index contributed by atoms with van der Waals surface area (Å²) in [5.74, 6) is -0.906. The number of barbiturate groups is 1. The number of halogens is 1. The SMILES string of the molecule is CCOc1ccc(N2C(=O)NC(=O)/C(=C\c3ccc(OCC(=O)Nc4ccc(C)c(Cl)c4)c(OC)c3)C2=O)cc1. The molecule has 0 bridgehead atoms. The van der Waals surface area contributed by atoms with E-state index in [1.165, 1.54) is 19.3 Å². The largest absolute Gasteiger partial charge is 0.494 e. The summed E-state index contributed by atoms with van der Waals surface area (Å²) in [6.07, 6.45) is 1.34. The van der Waals surface area contributed by atoms with E-state index in [0.29, 0.717) is 28.6 Å². The molecule has 3 aromatic rings. The van der Waals surface area contributed by atoms with Crippen LogP contribution in [-0.4, -0.2) is 44.1 Å². The van der Waals surface area contributed by atoms with Gasteiger partial charge in [-0.3, -0.25) is 19.7 Å². The summed E-state index contributed by atoms with van der Waals surface area (Å²) in [7, 11) is 1.41. The van der Waals surface area contributed by atoms with E-state index in [4.69, 9.17) is 25.8 Å². The van der Waals surface area contributed by atoms with E-state index in [1.807, 2.05) is 13.8 Å². The minimum absolute atomic E-state index is 0.250. The molecule has 0 atom stereocenters. The summed E-state index contributed by atoms with van der Waals surface area (Å²) in [6.45, 7) is 3.86. The van der Waals surface area contributed by atoms with E-state index in [-0.39, 0.29) is 29.4 Å². The highest BCUT2D eigenvalue weighted by Crippen LogP contribution is 2.30. The molecule has 4 rings (SSSR count). The Hall–Kier alpha value is -4.83. The third-order valence-corrected chi connectivity index (χ3v) is 6.23. The molecule has 0 aromatic heterocycles. The van der Waals surface area contributed by atoms with Crippen LogP contribution < -0.4 is 29.7 Å². The summed E-state index contributed by atoms with van der Waals surface area (Å²) in [5.41, 5.74) is 1.88. The number of benzene rings is 3. The number of anilines is 2. The highest BCUT2D eigenvalue weighted by atomic mass is 35.5. The zero-order valence-corrected chi connectivity index (χ0v) is 22.7. The standard InChI is InChI=1S/C29H26ClN3O7/c1-4-39-21-10-8-20(9-11-21)33-28(36)22(27(35)32-29(33)37)13-18-6-12-24(25(14-18)38-3)40-16-26(34)31-19-7-5-17(2)23(30)15-19/h5-15H,4,16H2,1-3H3,(H,31,34)(H,32,35,37)/b22-13+. The summed E-state index contributed by atoms with van der Waals surface area (Å²) >= 11 is 6.10. The maximum absolute atomic E-state index is 13.2. The number of hydrogen-bond acceptors (Lipinski definition) is 7. The van der Waals surface area contributed by atoms with Crippen molar-refractivity contribution < 1.29 is 33.4 Å². The van der Waals surface area contributed by atoms with Crippen molar-refractivity contribution in [2.75, 3.05) is 30.5 Å². The number of rotatable bonds is 9. The van der Waals surface area contributed by atoms with Gasteiger partial charge in [-0.25, -0.2) is 9.69 Å². The lowest BCUT2D eigenvalue weighted by Gasteiger charge is -2.26. The molecule has 10 nitrogen and oxygen atoms in total. The molecule has 0 spiro atoms. The molecule has 1 heterocycles. The van der Waals surface area contributed by atoms with E-state index in [1.54, 1.807) is 54.6 Å². The third kappa shape index (κ3) is 6.41. The Morgan fingerprint density at radius 1 is 1.00 bits per heavy atom. The van der Waals surface area contributed by atoms with Crippen LogP contribution in [0.4, 0.5) is 16.2 Å². The Bertz CT molecular complexity index is 1500. The lowest BCUT2D eigenvalue weighted by Crippen LogP contribution is -2.54. The lowest BCUT2D eigenvalue weighted by molar-refractivity contribution is -0.122. The molecule has 0 aliphatic carbocycles. The van der Waals surface area contributed by atoms with Gasteiger partial charge in [-0.15, -0.1) is 0 Å². The number of nitrogens with one attached hydrogen (secondary N) is 2. The van der Waals surface area contributed by atoms with Crippen LogP contribution in [0.1, 0.15) is 18.1 Å². The summed E-state index contributed by atoms with van der Waals surface area (Å²) < 4.78 is 16.4. The predicted molar refractivity (Wildman–Crippen MR) is 150 cm³/mol. The summed E-state index contributed by atoms with van der Waals surface area (Å²) in [5, 5.41) is 5.42. The van der Waals surface area contributed by atoms with E-state index in [2.05, 4.69) is 10.6 Å². The van der Waals surface area contributed by atoms with Gasteiger partial charge in [0, 0.05) is 10.7 Å². The number of methoxy groups -OCH3 is 1. The first-order valence-electron chi connectivity index (χ1n) is 12.2. The van der Waals surface area contributed by atoms with Gasteiger partial charge in [-0.05, 0) is 79.6 Å². The Labute approximate surface area is 235 Å². The highest BCUT2D eigenvalue weighted by Gasteiger charge is 2.36. The quantitative estimate of drug-likeness (QED) is 0.285. The molecule has 5 amide bonds. The van der Waals surface area contributed by atoms with Gasteiger partial charge in [0.15, 0.2) is 18.1 Å². The van der Waals surface area contributed by atoms with Crippen molar-refractivity contribution in [2.24, 2.45) is 0 Å². The normalized spacial score (nSPS) is 14.2. The van der Waals surface area contributed by atoms with Crippen LogP contribution in [-0.2, 0) is 14.4 Å².